The van der Waals surface area contributed by atoms with Crippen LogP contribution in [0.4, 0.5) is 13.2 Å². The summed E-state index contributed by atoms with van der Waals surface area (Å²) in [5, 5.41) is 11.9. The van der Waals surface area contributed by atoms with Crippen molar-refractivity contribution in [3.05, 3.63) is 66.2 Å². The highest BCUT2D eigenvalue weighted by Crippen LogP contribution is 2.24. The molecule has 2 aromatic rings. The molecule has 0 aliphatic heterocycles. The van der Waals surface area contributed by atoms with Gasteiger partial charge in [-0.2, -0.15) is 12.8 Å². The Morgan fingerprint density at radius 3 is 2.12 bits per heavy atom. The maximum atomic E-state index is 12.1. The molecule has 0 aliphatic carbocycles. The zero-order valence-electron chi connectivity index (χ0n) is 12.5. The second-order valence-electron chi connectivity index (χ2n) is 4.72. The summed E-state index contributed by atoms with van der Waals surface area (Å²) in [6, 6.07) is 9.27. The molecule has 0 aliphatic rings. The SMILES string of the molecule is C=Cc1ccc(/C([O-])=N/S(=O)(=O)c2ccc(OC(F)(F)F)cc2)cc1. The third-order valence-corrected chi connectivity index (χ3v) is 4.23. The average Bonchev–Trinajstić information content (AvgIpc) is 2.53. The maximum Gasteiger partial charge on any atom is 0.573 e. The molecule has 0 atom stereocenters. The minimum atomic E-state index is -4.89. The Bertz CT molecular complexity index is 886. The van der Waals surface area contributed by atoms with E-state index in [9.17, 15) is 26.7 Å². The fraction of sp³-hybridized carbons (Fsp3) is 0.0625. The monoisotopic (exact) mass is 370 g/mol. The molecule has 2 aromatic carbocycles. The van der Waals surface area contributed by atoms with Crippen molar-refractivity contribution >= 4 is 22.0 Å². The summed E-state index contributed by atoms with van der Waals surface area (Å²) in [7, 11) is -4.37. The van der Waals surface area contributed by atoms with E-state index in [1.54, 1.807) is 18.2 Å². The van der Waals surface area contributed by atoms with E-state index in [1.807, 2.05) is 0 Å². The van der Waals surface area contributed by atoms with Crippen LogP contribution in [0.1, 0.15) is 11.1 Å². The van der Waals surface area contributed by atoms with Gasteiger partial charge in [0.2, 0.25) is 0 Å². The van der Waals surface area contributed by atoms with Crippen molar-refractivity contribution in [3.63, 3.8) is 0 Å². The molecule has 0 radical (unpaired) electrons. The van der Waals surface area contributed by atoms with Crippen LogP contribution in [-0.2, 0) is 10.0 Å². The Balaban J connectivity index is 2.26. The number of sulfonamides is 1. The second-order valence-corrected chi connectivity index (χ2v) is 6.32. The van der Waals surface area contributed by atoms with Crippen molar-refractivity contribution < 1.29 is 31.4 Å². The van der Waals surface area contributed by atoms with Crippen molar-refractivity contribution in [2.75, 3.05) is 0 Å². The first-order chi connectivity index (χ1) is 11.6. The van der Waals surface area contributed by atoms with Gasteiger partial charge in [0.05, 0.1) is 4.90 Å². The molecule has 0 unspecified atom stereocenters. The van der Waals surface area contributed by atoms with Gasteiger partial charge in [-0.3, -0.25) is 0 Å². The van der Waals surface area contributed by atoms with E-state index in [1.165, 1.54) is 12.1 Å². The van der Waals surface area contributed by atoms with E-state index in [0.717, 1.165) is 29.8 Å². The molecule has 0 heterocycles. The molecule has 9 heteroatoms. The van der Waals surface area contributed by atoms with Crippen LogP contribution in [0.5, 0.6) is 5.75 Å². The number of hydrogen-bond donors (Lipinski definition) is 0. The maximum absolute atomic E-state index is 12.1. The van der Waals surface area contributed by atoms with Crippen LogP contribution in [0.2, 0.25) is 0 Å². The van der Waals surface area contributed by atoms with Gasteiger partial charge in [0.15, 0.2) is 0 Å². The molecule has 0 saturated heterocycles. The normalized spacial score (nSPS) is 12.7. The van der Waals surface area contributed by atoms with Crippen LogP contribution >= 0.6 is 0 Å². The molecule has 132 valence electrons. The molecule has 0 N–H and O–H groups in total. The molecule has 0 spiro atoms. The molecule has 2 rings (SSSR count). The number of rotatable bonds is 5. The average molecular weight is 370 g/mol. The number of nitrogens with zero attached hydrogens (tertiary/aromatic N) is 1. The third kappa shape index (κ3) is 5.08. The second kappa shape index (κ2) is 6.98. The van der Waals surface area contributed by atoms with E-state index in [0.29, 0.717) is 0 Å². The van der Waals surface area contributed by atoms with Crippen molar-refractivity contribution in [2.24, 2.45) is 4.40 Å². The smallest absolute Gasteiger partial charge is 0.573 e. The highest BCUT2D eigenvalue weighted by atomic mass is 32.2. The minimum absolute atomic E-state index is 0.0474. The fourth-order valence-electron chi connectivity index (χ4n) is 1.79. The lowest BCUT2D eigenvalue weighted by Gasteiger charge is -2.12. The number of ether oxygens (including phenoxy) is 1. The zero-order valence-corrected chi connectivity index (χ0v) is 13.3. The predicted molar refractivity (Wildman–Crippen MR) is 83.4 cm³/mol. The lowest BCUT2D eigenvalue weighted by Crippen LogP contribution is -2.21. The number of hydrogen-bond acceptors (Lipinski definition) is 4. The Morgan fingerprint density at radius 1 is 1.08 bits per heavy atom. The molecular weight excluding hydrogens is 359 g/mol. The van der Waals surface area contributed by atoms with Gasteiger partial charge in [0.1, 0.15) is 5.75 Å². The van der Waals surface area contributed by atoms with Crippen LogP contribution in [-0.4, -0.2) is 20.7 Å². The molecular formula is C16H11F3NO4S-. The summed E-state index contributed by atoms with van der Waals surface area (Å²) < 4.78 is 67.2. The van der Waals surface area contributed by atoms with Crippen LogP contribution in [0.25, 0.3) is 6.08 Å². The Labute approximate surface area is 141 Å². The molecule has 0 amide bonds. The summed E-state index contributed by atoms with van der Waals surface area (Å²) >= 11 is 0. The fourth-order valence-corrected chi connectivity index (χ4v) is 2.70. The van der Waals surface area contributed by atoms with Crippen molar-refractivity contribution in [2.45, 2.75) is 11.3 Å². The lowest BCUT2D eigenvalue weighted by atomic mass is 10.1. The molecule has 0 bridgehead atoms. The van der Waals surface area contributed by atoms with Crippen LogP contribution < -0.4 is 9.84 Å². The van der Waals surface area contributed by atoms with Gasteiger partial charge in [0, 0.05) is 5.90 Å². The number of halogens is 3. The summed E-state index contributed by atoms with van der Waals surface area (Å²) in [4.78, 5) is -0.432. The van der Waals surface area contributed by atoms with Gasteiger partial charge in [-0.25, -0.2) is 0 Å². The standard InChI is InChI=1S/C16H12F3NO4S/c1-2-11-3-5-12(6-4-11)15(21)20-25(22,23)14-9-7-13(8-10-14)24-16(17,18)19/h2-10H,1H2,(H,20,21)/p-1. The third-order valence-electron chi connectivity index (χ3n) is 2.95. The van der Waals surface area contributed by atoms with E-state index in [2.05, 4.69) is 15.7 Å². The first kappa shape index (κ1) is 18.5. The Hall–Kier alpha value is -2.81. The van der Waals surface area contributed by atoms with Gasteiger partial charge in [-0.15, -0.1) is 13.2 Å². The summed E-state index contributed by atoms with van der Waals surface area (Å²) in [6.45, 7) is 3.55. The lowest BCUT2D eigenvalue weighted by molar-refractivity contribution is -0.274. The van der Waals surface area contributed by atoms with E-state index >= 15 is 0 Å². The summed E-state index contributed by atoms with van der Waals surface area (Å²) in [5.74, 6) is -1.58. The van der Waals surface area contributed by atoms with Crippen LogP contribution in [0.3, 0.4) is 0 Å². The zero-order chi connectivity index (χ0) is 18.7. The van der Waals surface area contributed by atoms with E-state index in [-0.39, 0.29) is 5.56 Å². The van der Waals surface area contributed by atoms with Gasteiger partial charge in [-0.1, -0.05) is 36.9 Å². The van der Waals surface area contributed by atoms with E-state index < -0.39 is 32.9 Å². The first-order valence-electron chi connectivity index (χ1n) is 6.71. The summed E-state index contributed by atoms with van der Waals surface area (Å²) in [6.07, 6.45) is -3.34. The molecule has 0 fully saturated rings. The minimum Gasteiger partial charge on any atom is -0.858 e. The summed E-state index contributed by atoms with van der Waals surface area (Å²) in [5.41, 5.74) is 0.783. The van der Waals surface area contributed by atoms with Crippen LogP contribution in [0, 0.1) is 0 Å². The number of alkyl halides is 3. The largest absolute Gasteiger partial charge is 0.858 e. The first-order valence-corrected chi connectivity index (χ1v) is 8.15. The van der Waals surface area contributed by atoms with Crippen molar-refractivity contribution in [3.8, 4) is 5.75 Å². The Morgan fingerprint density at radius 2 is 1.64 bits per heavy atom. The molecule has 0 aromatic heterocycles. The van der Waals surface area contributed by atoms with Gasteiger partial charge >= 0.3 is 6.36 Å². The van der Waals surface area contributed by atoms with Crippen molar-refractivity contribution in [1.29, 1.82) is 0 Å². The van der Waals surface area contributed by atoms with Gasteiger partial charge < -0.3 is 9.84 Å². The quantitative estimate of drug-likeness (QED) is 0.599. The molecule has 5 nitrogen and oxygen atoms in total. The highest BCUT2D eigenvalue weighted by molar-refractivity contribution is 7.90. The van der Waals surface area contributed by atoms with Gasteiger partial charge in [0.25, 0.3) is 10.0 Å². The molecule has 0 saturated carbocycles. The Kier molecular flexibility index (Phi) is 5.17. The predicted octanol–water partition coefficient (Wildman–Crippen LogP) is 2.72. The van der Waals surface area contributed by atoms with Gasteiger partial charge in [-0.05, 0) is 35.4 Å². The van der Waals surface area contributed by atoms with E-state index in [4.69, 9.17) is 0 Å². The molecule has 25 heavy (non-hydrogen) atoms. The topological polar surface area (TPSA) is 78.8 Å². The van der Waals surface area contributed by atoms with Crippen molar-refractivity contribution in [1.82, 2.24) is 0 Å². The van der Waals surface area contributed by atoms with Crippen LogP contribution in [0.15, 0.2) is 64.4 Å². The highest BCUT2D eigenvalue weighted by Gasteiger charge is 2.31. The number of benzene rings is 2.